The summed E-state index contributed by atoms with van der Waals surface area (Å²) in [6.45, 7) is 8.65. The van der Waals surface area contributed by atoms with Crippen LogP contribution in [0.15, 0.2) is 48.5 Å². The molecule has 0 bridgehead atoms. The van der Waals surface area contributed by atoms with Crippen molar-refractivity contribution in [3.63, 3.8) is 0 Å². The highest BCUT2D eigenvalue weighted by Crippen LogP contribution is 2.21. The quantitative estimate of drug-likeness (QED) is 0.711. The summed E-state index contributed by atoms with van der Waals surface area (Å²) < 4.78 is 1.93. The molecule has 0 saturated carbocycles. The normalized spacial score (nSPS) is 10.6. The number of anilines is 2. The Balaban J connectivity index is 1.75. The number of amides is 2. The summed E-state index contributed by atoms with van der Waals surface area (Å²) in [4.78, 5) is 12.4. The molecule has 0 aliphatic carbocycles. The van der Waals surface area contributed by atoms with Gasteiger partial charge in [-0.3, -0.25) is 4.68 Å². The van der Waals surface area contributed by atoms with Crippen molar-refractivity contribution in [2.45, 2.75) is 34.2 Å². The number of nitrogens with one attached hydrogen (secondary N) is 2. The van der Waals surface area contributed by atoms with E-state index in [4.69, 9.17) is 0 Å². The molecule has 5 heteroatoms. The van der Waals surface area contributed by atoms with Crippen molar-refractivity contribution >= 4 is 17.4 Å². The number of carbonyl (C=O) groups is 1. The van der Waals surface area contributed by atoms with Gasteiger partial charge in [0, 0.05) is 5.69 Å². The number of aromatic nitrogens is 2. The van der Waals surface area contributed by atoms with Gasteiger partial charge in [-0.05, 0) is 56.5 Å². The number of nitrogens with zero attached hydrogens (tertiary/aromatic N) is 2. The number of aryl methyl sites for hydroxylation is 3. The van der Waals surface area contributed by atoms with Crippen LogP contribution in [0.25, 0.3) is 0 Å². The molecule has 1 aromatic heterocycles. The minimum Gasteiger partial charge on any atom is -0.308 e. The lowest BCUT2D eigenvalue weighted by Gasteiger charge is -2.10. The number of hydrogen-bond acceptors (Lipinski definition) is 2. The van der Waals surface area contributed by atoms with Gasteiger partial charge in [-0.25, -0.2) is 4.79 Å². The molecule has 0 aliphatic heterocycles. The first-order valence-electron chi connectivity index (χ1n) is 8.67. The molecule has 26 heavy (non-hydrogen) atoms. The first kappa shape index (κ1) is 17.7. The molecular weight excluding hydrogens is 324 g/mol. The van der Waals surface area contributed by atoms with E-state index in [2.05, 4.69) is 34.8 Å². The lowest BCUT2D eigenvalue weighted by molar-refractivity contribution is 0.262. The highest BCUT2D eigenvalue weighted by Gasteiger charge is 2.15. The van der Waals surface area contributed by atoms with Gasteiger partial charge >= 0.3 is 6.03 Å². The average molecular weight is 348 g/mol. The van der Waals surface area contributed by atoms with E-state index >= 15 is 0 Å². The van der Waals surface area contributed by atoms with Gasteiger partial charge in [-0.15, -0.1) is 0 Å². The summed E-state index contributed by atoms with van der Waals surface area (Å²) in [7, 11) is 0. The largest absolute Gasteiger partial charge is 0.323 e. The van der Waals surface area contributed by atoms with E-state index in [-0.39, 0.29) is 6.03 Å². The summed E-state index contributed by atoms with van der Waals surface area (Å²) in [5.74, 6) is 0. The zero-order chi connectivity index (χ0) is 18.7. The minimum absolute atomic E-state index is 0.266. The molecule has 0 aliphatic rings. The second kappa shape index (κ2) is 7.44. The minimum atomic E-state index is -0.266. The molecule has 0 saturated heterocycles. The Morgan fingerprint density at radius 2 is 1.77 bits per heavy atom. The second-order valence-corrected chi connectivity index (χ2v) is 6.58. The van der Waals surface area contributed by atoms with Crippen molar-refractivity contribution in [1.82, 2.24) is 9.78 Å². The lowest BCUT2D eigenvalue weighted by Crippen LogP contribution is -2.20. The standard InChI is InChI=1S/C21H24N4O/c1-14-8-7-11-19(12-14)22-21(26)23-20-16(3)24-25(17(20)4)13-18-10-6-5-9-15(18)2/h5-12H,13H2,1-4H3,(H2,22,23,26). The predicted octanol–water partition coefficient (Wildman–Crippen LogP) is 4.81. The third-order valence-electron chi connectivity index (χ3n) is 4.48. The Morgan fingerprint density at radius 1 is 1.00 bits per heavy atom. The van der Waals surface area contributed by atoms with Crippen molar-refractivity contribution in [1.29, 1.82) is 0 Å². The maximum Gasteiger partial charge on any atom is 0.323 e. The van der Waals surface area contributed by atoms with Gasteiger partial charge in [0.1, 0.15) is 0 Å². The summed E-state index contributed by atoms with van der Waals surface area (Å²) in [5.41, 5.74) is 6.80. The zero-order valence-corrected chi connectivity index (χ0v) is 15.6. The molecule has 0 radical (unpaired) electrons. The Kier molecular flexibility index (Phi) is 5.07. The van der Waals surface area contributed by atoms with Crippen molar-refractivity contribution in [3.05, 3.63) is 76.6 Å². The number of urea groups is 1. The molecule has 1 heterocycles. The van der Waals surface area contributed by atoms with Crippen LogP contribution in [0.2, 0.25) is 0 Å². The SMILES string of the molecule is Cc1cccc(NC(=O)Nc2c(C)nn(Cc3ccccc3C)c2C)c1. The number of carbonyl (C=O) groups excluding carboxylic acids is 1. The van der Waals surface area contributed by atoms with E-state index in [1.807, 2.05) is 61.9 Å². The van der Waals surface area contributed by atoms with Gasteiger partial charge in [-0.2, -0.15) is 5.10 Å². The summed E-state index contributed by atoms with van der Waals surface area (Å²) >= 11 is 0. The summed E-state index contributed by atoms with van der Waals surface area (Å²) in [6.07, 6.45) is 0. The molecule has 2 N–H and O–H groups in total. The smallest absolute Gasteiger partial charge is 0.308 e. The molecule has 0 fully saturated rings. The Labute approximate surface area is 154 Å². The topological polar surface area (TPSA) is 59.0 Å². The molecule has 2 aromatic carbocycles. The Hall–Kier alpha value is -3.08. The van der Waals surface area contributed by atoms with Gasteiger partial charge in [-0.1, -0.05) is 36.4 Å². The summed E-state index contributed by atoms with van der Waals surface area (Å²) in [5, 5.41) is 10.4. The van der Waals surface area contributed by atoms with Gasteiger partial charge < -0.3 is 10.6 Å². The lowest BCUT2D eigenvalue weighted by atomic mass is 10.1. The number of benzene rings is 2. The second-order valence-electron chi connectivity index (χ2n) is 6.58. The van der Waals surface area contributed by atoms with Crippen LogP contribution in [0.3, 0.4) is 0 Å². The first-order valence-corrected chi connectivity index (χ1v) is 8.67. The van der Waals surface area contributed by atoms with E-state index in [1.54, 1.807) is 0 Å². The van der Waals surface area contributed by atoms with Crippen LogP contribution in [0.4, 0.5) is 16.2 Å². The average Bonchev–Trinajstić information content (AvgIpc) is 2.84. The Bertz CT molecular complexity index is 943. The van der Waals surface area contributed by atoms with Gasteiger partial charge in [0.2, 0.25) is 0 Å². The first-order chi connectivity index (χ1) is 12.4. The third-order valence-corrected chi connectivity index (χ3v) is 4.48. The van der Waals surface area contributed by atoms with Gasteiger partial charge in [0.25, 0.3) is 0 Å². The van der Waals surface area contributed by atoms with Crippen molar-refractivity contribution < 1.29 is 4.79 Å². The zero-order valence-electron chi connectivity index (χ0n) is 15.6. The molecule has 2 amide bonds. The van der Waals surface area contributed by atoms with Crippen molar-refractivity contribution in [3.8, 4) is 0 Å². The monoisotopic (exact) mass is 348 g/mol. The van der Waals surface area contributed by atoms with Crippen LogP contribution in [-0.4, -0.2) is 15.8 Å². The predicted molar refractivity (Wildman–Crippen MR) is 106 cm³/mol. The fraction of sp³-hybridized carbons (Fsp3) is 0.238. The van der Waals surface area contributed by atoms with Crippen LogP contribution in [0.5, 0.6) is 0 Å². The number of hydrogen-bond donors (Lipinski definition) is 2. The molecule has 3 aromatic rings. The fourth-order valence-corrected chi connectivity index (χ4v) is 2.98. The number of rotatable bonds is 4. The maximum absolute atomic E-state index is 12.4. The van der Waals surface area contributed by atoms with E-state index in [9.17, 15) is 4.79 Å². The molecule has 134 valence electrons. The van der Waals surface area contributed by atoms with Crippen LogP contribution in [0, 0.1) is 27.7 Å². The van der Waals surface area contributed by atoms with E-state index in [0.717, 1.165) is 28.3 Å². The third kappa shape index (κ3) is 3.94. The van der Waals surface area contributed by atoms with Crippen LogP contribution in [-0.2, 0) is 6.54 Å². The van der Waals surface area contributed by atoms with Crippen LogP contribution < -0.4 is 10.6 Å². The molecule has 0 spiro atoms. The maximum atomic E-state index is 12.4. The van der Waals surface area contributed by atoms with Gasteiger partial charge in [0.15, 0.2) is 0 Å². The molecular formula is C21H24N4O. The fourth-order valence-electron chi connectivity index (χ4n) is 2.98. The van der Waals surface area contributed by atoms with E-state index < -0.39 is 0 Å². The van der Waals surface area contributed by atoms with Crippen molar-refractivity contribution in [2.24, 2.45) is 0 Å². The highest BCUT2D eigenvalue weighted by molar-refractivity contribution is 6.00. The Morgan fingerprint density at radius 3 is 2.50 bits per heavy atom. The highest BCUT2D eigenvalue weighted by atomic mass is 16.2. The molecule has 0 atom stereocenters. The van der Waals surface area contributed by atoms with Crippen LogP contribution in [0.1, 0.15) is 28.1 Å². The van der Waals surface area contributed by atoms with Gasteiger partial charge in [0.05, 0.1) is 23.6 Å². The van der Waals surface area contributed by atoms with Crippen LogP contribution >= 0.6 is 0 Å². The van der Waals surface area contributed by atoms with E-state index in [1.165, 1.54) is 11.1 Å². The molecule has 3 rings (SSSR count). The van der Waals surface area contributed by atoms with Crippen molar-refractivity contribution in [2.75, 3.05) is 10.6 Å². The van der Waals surface area contributed by atoms with E-state index in [0.29, 0.717) is 6.54 Å². The molecule has 5 nitrogen and oxygen atoms in total. The summed E-state index contributed by atoms with van der Waals surface area (Å²) in [6, 6.07) is 15.7. The molecule has 0 unspecified atom stereocenters.